The van der Waals surface area contributed by atoms with Gasteiger partial charge in [-0.15, -0.1) is 0 Å². The van der Waals surface area contributed by atoms with E-state index in [2.05, 4.69) is 84.8 Å². The number of carbonyl (C=O) groups excluding carboxylic acids is 2. The molecule has 43 heavy (non-hydrogen) atoms. The van der Waals surface area contributed by atoms with Crippen LogP contribution < -0.4 is 21.1 Å². The molecular weight excluding hydrogens is 873 g/mol. The Bertz CT molecular complexity index is 1560. The first-order valence-electron chi connectivity index (χ1n) is 11.5. The second-order valence-corrected chi connectivity index (χ2v) is 11.6. The van der Waals surface area contributed by atoms with Gasteiger partial charge in [0.25, 0.3) is 11.8 Å². The number of halogens is 4. The molecule has 0 radical (unpaired) electrons. The maximum Gasteiger partial charge on any atom is 2.00 e. The zero-order chi connectivity index (χ0) is 30.8. The van der Waals surface area contributed by atoms with Gasteiger partial charge in [-0.2, -0.15) is 10.2 Å². The second-order valence-electron chi connectivity index (χ2n) is 8.04. The van der Waals surface area contributed by atoms with Crippen molar-refractivity contribution in [3.63, 3.8) is 0 Å². The number of benzene rings is 4. The number of carbonyl (C=O) groups is 2. The molecular formula is C28H18Br4N4O6Zn. The number of aromatic hydroxyl groups is 2. The van der Waals surface area contributed by atoms with Crippen LogP contribution in [0.1, 0.15) is 31.8 Å². The average molecular weight is 891 g/mol. The number of hydrazone groups is 2. The topological polar surface area (TPSA) is 169 Å². The smallest absolute Gasteiger partial charge is 0.871 e. The first kappa shape index (κ1) is 36.1. The van der Waals surface area contributed by atoms with E-state index in [1.165, 1.54) is 36.7 Å². The van der Waals surface area contributed by atoms with Crippen molar-refractivity contribution in [1.82, 2.24) is 10.9 Å². The molecule has 2 amide bonds. The third-order valence-corrected chi connectivity index (χ3v) is 7.20. The average Bonchev–Trinajstić information content (AvgIpc) is 2.94. The normalized spacial score (nSPS) is 10.5. The van der Waals surface area contributed by atoms with Gasteiger partial charge in [0.1, 0.15) is 11.5 Å². The second kappa shape index (κ2) is 17.3. The van der Waals surface area contributed by atoms with Gasteiger partial charge in [0.05, 0.1) is 23.6 Å². The molecule has 0 saturated heterocycles. The van der Waals surface area contributed by atoms with Crippen LogP contribution in [-0.4, -0.2) is 34.5 Å². The Kier molecular flexibility index (Phi) is 14.5. The summed E-state index contributed by atoms with van der Waals surface area (Å²) < 4.78 is 2.21. The maximum absolute atomic E-state index is 11.8. The van der Waals surface area contributed by atoms with Gasteiger partial charge in [-0.05, 0) is 59.7 Å². The summed E-state index contributed by atoms with van der Waals surface area (Å²) in [5.41, 5.74) is 5.35. The van der Waals surface area contributed by atoms with Crippen molar-refractivity contribution >= 4 is 88.0 Å². The molecule has 0 spiro atoms. The van der Waals surface area contributed by atoms with Crippen LogP contribution in [0.4, 0.5) is 0 Å². The van der Waals surface area contributed by atoms with Crippen LogP contribution in [0.2, 0.25) is 0 Å². The molecule has 10 nitrogen and oxygen atoms in total. The van der Waals surface area contributed by atoms with Gasteiger partial charge in [0.15, 0.2) is 0 Å². The van der Waals surface area contributed by atoms with E-state index in [1.54, 1.807) is 48.5 Å². The Morgan fingerprint density at radius 3 is 1.35 bits per heavy atom. The molecule has 0 aliphatic carbocycles. The molecule has 0 aliphatic heterocycles. The quantitative estimate of drug-likeness (QED) is 0.113. The van der Waals surface area contributed by atoms with Crippen LogP contribution >= 0.6 is 63.7 Å². The van der Waals surface area contributed by atoms with Crippen molar-refractivity contribution < 1.29 is 49.5 Å². The monoisotopic (exact) mass is 886 g/mol. The minimum absolute atomic E-state index is 0. The summed E-state index contributed by atoms with van der Waals surface area (Å²) in [7, 11) is 0. The fourth-order valence-electron chi connectivity index (χ4n) is 3.12. The van der Waals surface area contributed by atoms with Crippen LogP contribution in [0.15, 0.2) is 101 Å². The molecule has 0 saturated carbocycles. The molecule has 216 valence electrons. The first-order chi connectivity index (χ1) is 20.0. The standard InChI is InChI=1S/2C14H10Br2N2O3.Zn/c2*15-9-5-8(13(20)11(16)6-9)7-17-18-14(21)10-3-1-2-4-12(10)19;/h2*1-7,19-20H,(H,18,21);/q;;+2/p-2/b2*17-7-;. The Morgan fingerprint density at radius 1 is 0.651 bits per heavy atom. The minimum Gasteiger partial charge on any atom is -0.871 e. The number of amides is 2. The Balaban J connectivity index is 0.000000293. The summed E-state index contributed by atoms with van der Waals surface area (Å²) in [4.78, 5) is 23.6. The molecule has 0 bridgehead atoms. The van der Waals surface area contributed by atoms with E-state index in [0.29, 0.717) is 29.0 Å². The first-order valence-corrected chi connectivity index (χ1v) is 14.7. The van der Waals surface area contributed by atoms with Gasteiger partial charge < -0.3 is 20.4 Å². The Labute approximate surface area is 292 Å². The molecule has 0 atom stereocenters. The molecule has 0 fully saturated rings. The van der Waals surface area contributed by atoms with Crippen molar-refractivity contribution in [2.75, 3.05) is 0 Å². The molecule has 0 aromatic heterocycles. The molecule has 0 heterocycles. The van der Waals surface area contributed by atoms with Crippen molar-refractivity contribution in [3.05, 3.63) is 113 Å². The zero-order valence-corrected chi connectivity index (χ0v) is 31.0. The molecule has 0 unspecified atom stereocenters. The summed E-state index contributed by atoms with van der Waals surface area (Å²) in [5.74, 6) is -1.88. The van der Waals surface area contributed by atoms with Crippen molar-refractivity contribution in [2.24, 2.45) is 10.2 Å². The van der Waals surface area contributed by atoms with Crippen LogP contribution in [0.25, 0.3) is 0 Å². The van der Waals surface area contributed by atoms with E-state index < -0.39 is 11.8 Å². The third-order valence-electron chi connectivity index (χ3n) is 5.11. The predicted octanol–water partition coefficient (Wildman–Crippen LogP) is 5.51. The Morgan fingerprint density at radius 2 is 1.00 bits per heavy atom. The van der Waals surface area contributed by atoms with E-state index in [0.717, 1.165) is 0 Å². The largest absolute Gasteiger partial charge is 2.00 e. The van der Waals surface area contributed by atoms with Crippen LogP contribution in [0.3, 0.4) is 0 Å². The van der Waals surface area contributed by atoms with Gasteiger partial charge in [-0.25, -0.2) is 10.9 Å². The fourth-order valence-corrected chi connectivity index (χ4v) is 5.64. The van der Waals surface area contributed by atoms with Gasteiger partial charge in [-0.3, -0.25) is 9.59 Å². The minimum atomic E-state index is -0.564. The molecule has 4 N–H and O–H groups in total. The summed E-state index contributed by atoms with van der Waals surface area (Å²) >= 11 is 12.8. The number of nitrogens with one attached hydrogen (secondary N) is 2. The van der Waals surface area contributed by atoms with Gasteiger partial charge in [0, 0.05) is 17.9 Å². The van der Waals surface area contributed by atoms with Crippen molar-refractivity contribution in [1.29, 1.82) is 0 Å². The SMILES string of the molecule is O=C(N/N=C\c1cc(Br)cc(Br)c1[O-])c1ccccc1O.O=C(N/N=C\c1cc(Br)cc(Br)c1[O-])c1ccccc1O.[Zn+2]. The van der Waals surface area contributed by atoms with Crippen molar-refractivity contribution in [3.8, 4) is 23.0 Å². The fraction of sp³-hybridized carbons (Fsp3) is 0. The molecule has 4 aromatic rings. The zero-order valence-electron chi connectivity index (χ0n) is 21.7. The number of phenolic OH excluding ortho intramolecular Hbond substituents is 2. The number of para-hydroxylation sites is 2. The third kappa shape index (κ3) is 10.5. The summed E-state index contributed by atoms with van der Waals surface area (Å²) in [5, 5.41) is 50.1. The maximum atomic E-state index is 11.8. The molecule has 4 rings (SSSR count). The number of hydrogen-bond donors (Lipinski definition) is 4. The molecule has 15 heteroatoms. The summed E-state index contributed by atoms with van der Waals surface area (Å²) in [6.45, 7) is 0. The van der Waals surface area contributed by atoms with E-state index in [4.69, 9.17) is 0 Å². The van der Waals surface area contributed by atoms with E-state index >= 15 is 0 Å². The summed E-state index contributed by atoms with van der Waals surface area (Å²) in [6, 6.07) is 18.6. The number of phenols is 2. The van der Waals surface area contributed by atoms with E-state index in [-0.39, 0.29) is 53.6 Å². The van der Waals surface area contributed by atoms with Gasteiger partial charge >= 0.3 is 19.5 Å². The number of rotatable bonds is 6. The van der Waals surface area contributed by atoms with Crippen LogP contribution in [0, 0.1) is 0 Å². The van der Waals surface area contributed by atoms with Crippen molar-refractivity contribution in [2.45, 2.75) is 0 Å². The molecule has 4 aromatic carbocycles. The van der Waals surface area contributed by atoms with Crippen LogP contribution in [0.5, 0.6) is 23.0 Å². The molecule has 0 aliphatic rings. The number of nitrogens with zero attached hydrogens (tertiary/aromatic N) is 2. The number of hydrogen-bond acceptors (Lipinski definition) is 8. The summed E-state index contributed by atoms with van der Waals surface area (Å²) in [6.07, 6.45) is 2.49. The van der Waals surface area contributed by atoms with E-state index in [1.807, 2.05) is 0 Å². The van der Waals surface area contributed by atoms with Gasteiger partial charge in [0.2, 0.25) is 0 Å². The van der Waals surface area contributed by atoms with Crippen LogP contribution in [-0.2, 0) is 19.5 Å². The predicted molar refractivity (Wildman–Crippen MR) is 169 cm³/mol. The Hall–Kier alpha value is -3.10. The van der Waals surface area contributed by atoms with E-state index in [9.17, 15) is 30.0 Å². The van der Waals surface area contributed by atoms with Gasteiger partial charge in [-0.1, -0.05) is 99.5 Å².